The van der Waals surface area contributed by atoms with Crippen molar-refractivity contribution in [3.8, 4) is 16.9 Å². The Morgan fingerprint density at radius 3 is 2.67 bits per heavy atom. The number of pyridine rings is 1. The molecule has 0 saturated carbocycles. The number of aromatic nitrogens is 1. The Morgan fingerprint density at radius 2 is 2.00 bits per heavy atom. The molecule has 2 aromatic rings. The quantitative estimate of drug-likeness (QED) is 0.895. The van der Waals surface area contributed by atoms with Gasteiger partial charge < -0.3 is 10.1 Å². The molecule has 3 nitrogen and oxygen atoms in total. The first-order valence-corrected chi connectivity index (χ1v) is 5.98. The van der Waals surface area contributed by atoms with E-state index in [0.29, 0.717) is 0 Å². The van der Waals surface area contributed by atoms with E-state index in [1.807, 2.05) is 25.5 Å². The molecule has 0 saturated heterocycles. The standard InChI is InChI=1S/C15H18N2O/c1-11-6-13(10-17-8-11)12-4-5-15(18-3)14(7-12)9-16-2/h4-8,10,16H,9H2,1-3H3. The maximum atomic E-state index is 5.36. The fraction of sp³-hybridized carbons (Fsp3) is 0.267. The van der Waals surface area contributed by atoms with E-state index < -0.39 is 0 Å². The molecule has 94 valence electrons. The molecule has 0 aliphatic heterocycles. The number of nitrogens with one attached hydrogen (secondary N) is 1. The van der Waals surface area contributed by atoms with Gasteiger partial charge in [-0.1, -0.05) is 6.07 Å². The second-order valence-electron chi connectivity index (χ2n) is 4.31. The minimum Gasteiger partial charge on any atom is -0.496 e. The maximum absolute atomic E-state index is 5.36. The second-order valence-corrected chi connectivity index (χ2v) is 4.31. The minimum atomic E-state index is 0.788. The van der Waals surface area contributed by atoms with Crippen molar-refractivity contribution in [3.63, 3.8) is 0 Å². The third kappa shape index (κ3) is 2.68. The van der Waals surface area contributed by atoms with Crippen LogP contribution < -0.4 is 10.1 Å². The van der Waals surface area contributed by atoms with E-state index in [2.05, 4.69) is 35.4 Å². The van der Waals surface area contributed by atoms with E-state index in [9.17, 15) is 0 Å². The summed E-state index contributed by atoms with van der Waals surface area (Å²) in [4.78, 5) is 4.23. The highest BCUT2D eigenvalue weighted by Crippen LogP contribution is 2.26. The number of benzene rings is 1. The van der Waals surface area contributed by atoms with Gasteiger partial charge in [-0.2, -0.15) is 0 Å². The highest BCUT2D eigenvalue weighted by atomic mass is 16.5. The van der Waals surface area contributed by atoms with Crippen molar-refractivity contribution in [2.24, 2.45) is 0 Å². The zero-order valence-corrected chi connectivity index (χ0v) is 11.0. The average Bonchev–Trinajstić information content (AvgIpc) is 2.39. The molecular weight excluding hydrogens is 224 g/mol. The maximum Gasteiger partial charge on any atom is 0.123 e. The van der Waals surface area contributed by atoms with Crippen LogP contribution >= 0.6 is 0 Å². The van der Waals surface area contributed by atoms with E-state index >= 15 is 0 Å². The molecule has 18 heavy (non-hydrogen) atoms. The molecule has 0 aliphatic rings. The van der Waals surface area contributed by atoms with Crippen LogP contribution in [0.2, 0.25) is 0 Å². The van der Waals surface area contributed by atoms with Crippen LogP contribution in [0.4, 0.5) is 0 Å². The van der Waals surface area contributed by atoms with Gasteiger partial charge >= 0.3 is 0 Å². The Balaban J connectivity index is 2.43. The third-order valence-corrected chi connectivity index (χ3v) is 2.86. The molecule has 0 bridgehead atoms. The lowest BCUT2D eigenvalue weighted by Gasteiger charge is -2.10. The number of methoxy groups -OCH3 is 1. The van der Waals surface area contributed by atoms with Crippen LogP contribution in [0.25, 0.3) is 11.1 Å². The molecule has 1 aromatic heterocycles. The summed E-state index contributed by atoms with van der Waals surface area (Å²) in [5.41, 5.74) is 4.62. The number of ether oxygens (including phenoxy) is 1. The molecule has 0 spiro atoms. The lowest BCUT2D eigenvalue weighted by molar-refractivity contribution is 0.408. The van der Waals surface area contributed by atoms with Gasteiger partial charge in [-0.15, -0.1) is 0 Å². The van der Waals surface area contributed by atoms with Crippen molar-refractivity contribution in [1.29, 1.82) is 0 Å². The van der Waals surface area contributed by atoms with Gasteiger partial charge in [-0.3, -0.25) is 4.98 Å². The lowest BCUT2D eigenvalue weighted by atomic mass is 10.0. The Hall–Kier alpha value is -1.87. The predicted molar refractivity (Wildman–Crippen MR) is 73.7 cm³/mol. The summed E-state index contributed by atoms with van der Waals surface area (Å²) in [7, 11) is 3.63. The normalized spacial score (nSPS) is 10.4. The SMILES string of the molecule is CNCc1cc(-c2cncc(C)c2)ccc1OC. The lowest BCUT2D eigenvalue weighted by Crippen LogP contribution is -2.06. The van der Waals surface area contributed by atoms with Gasteiger partial charge in [-0.25, -0.2) is 0 Å². The average molecular weight is 242 g/mol. The molecule has 1 N–H and O–H groups in total. The van der Waals surface area contributed by atoms with Crippen molar-refractivity contribution in [1.82, 2.24) is 10.3 Å². The zero-order chi connectivity index (χ0) is 13.0. The van der Waals surface area contributed by atoms with Gasteiger partial charge in [0.1, 0.15) is 5.75 Å². The Kier molecular flexibility index (Phi) is 3.95. The van der Waals surface area contributed by atoms with E-state index in [1.165, 1.54) is 5.56 Å². The molecule has 0 atom stereocenters. The number of aryl methyl sites for hydroxylation is 1. The van der Waals surface area contributed by atoms with Gasteiger partial charge in [0, 0.05) is 30.1 Å². The van der Waals surface area contributed by atoms with Crippen LogP contribution in [0.15, 0.2) is 36.7 Å². The molecule has 3 heteroatoms. The number of rotatable bonds is 4. The van der Waals surface area contributed by atoms with Crippen molar-refractivity contribution in [3.05, 3.63) is 47.8 Å². The van der Waals surface area contributed by atoms with E-state index in [-0.39, 0.29) is 0 Å². The predicted octanol–water partition coefficient (Wildman–Crippen LogP) is 2.79. The number of nitrogens with zero attached hydrogens (tertiary/aromatic N) is 1. The monoisotopic (exact) mass is 242 g/mol. The van der Waals surface area contributed by atoms with Crippen molar-refractivity contribution < 1.29 is 4.74 Å². The zero-order valence-electron chi connectivity index (χ0n) is 11.0. The molecule has 0 fully saturated rings. The first-order valence-electron chi connectivity index (χ1n) is 5.98. The summed E-state index contributed by atoms with van der Waals surface area (Å²) in [5, 5.41) is 3.15. The Labute approximate surface area is 108 Å². The van der Waals surface area contributed by atoms with Crippen molar-refractivity contribution in [2.75, 3.05) is 14.2 Å². The number of hydrogen-bond acceptors (Lipinski definition) is 3. The summed E-state index contributed by atoms with van der Waals surface area (Å²) in [5.74, 6) is 0.911. The molecule has 1 aromatic carbocycles. The third-order valence-electron chi connectivity index (χ3n) is 2.86. The highest BCUT2D eigenvalue weighted by molar-refractivity contribution is 5.65. The van der Waals surface area contributed by atoms with Crippen LogP contribution in [0, 0.1) is 6.92 Å². The van der Waals surface area contributed by atoms with Gasteiger partial charge in [0.05, 0.1) is 7.11 Å². The van der Waals surface area contributed by atoms with E-state index in [0.717, 1.165) is 29.0 Å². The molecule has 0 amide bonds. The van der Waals surface area contributed by atoms with Gasteiger partial charge in [-0.05, 0) is 43.3 Å². The minimum absolute atomic E-state index is 0.788. The number of hydrogen-bond donors (Lipinski definition) is 1. The van der Waals surface area contributed by atoms with Gasteiger partial charge in [0.2, 0.25) is 0 Å². The molecular formula is C15H18N2O. The molecule has 0 unspecified atom stereocenters. The largest absolute Gasteiger partial charge is 0.496 e. The van der Waals surface area contributed by atoms with Gasteiger partial charge in [0.15, 0.2) is 0 Å². The first-order chi connectivity index (χ1) is 8.74. The summed E-state index contributed by atoms with van der Waals surface area (Å²) in [6, 6.07) is 8.35. The van der Waals surface area contributed by atoms with Crippen LogP contribution in [-0.2, 0) is 6.54 Å². The molecule has 0 radical (unpaired) electrons. The summed E-state index contributed by atoms with van der Waals surface area (Å²) < 4.78 is 5.36. The summed E-state index contributed by atoms with van der Waals surface area (Å²) in [6.45, 7) is 2.84. The Bertz CT molecular complexity index is 538. The van der Waals surface area contributed by atoms with Crippen LogP contribution in [-0.4, -0.2) is 19.1 Å². The van der Waals surface area contributed by atoms with E-state index in [1.54, 1.807) is 7.11 Å². The van der Waals surface area contributed by atoms with Crippen molar-refractivity contribution in [2.45, 2.75) is 13.5 Å². The smallest absolute Gasteiger partial charge is 0.123 e. The summed E-state index contributed by atoms with van der Waals surface area (Å²) >= 11 is 0. The molecule has 1 heterocycles. The fourth-order valence-electron chi connectivity index (χ4n) is 2.00. The molecule has 0 aliphatic carbocycles. The van der Waals surface area contributed by atoms with Crippen LogP contribution in [0.3, 0.4) is 0 Å². The molecule has 2 rings (SSSR count). The fourth-order valence-corrected chi connectivity index (χ4v) is 2.00. The van der Waals surface area contributed by atoms with Crippen molar-refractivity contribution >= 4 is 0 Å². The van der Waals surface area contributed by atoms with Crippen LogP contribution in [0.5, 0.6) is 5.75 Å². The van der Waals surface area contributed by atoms with E-state index in [4.69, 9.17) is 4.74 Å². The van der Waals surface area contributed by atoms with Gasteiger partial charge in [0.25, 0.3) is 0 Å². The topological polar surface area (TPSA) is 34.2 Å². The highest BCUT2D eigenvalue weighted by Gasteiger charge is 2.05. The van der Waals surface area contributed by atoms with Crippen LogP contribution in [0.1, 0.15) is 11.1 Å². The Morgan fingerprint density at radius 1 is 1.17 bits per heavy atom. The second kappa shape index (κ2) is 5.65. The summed E-state index contributed by atoms with van der Waals surface area (Å²) in [6.07, 6.45) is 3.75. The first kappa shape index (κ1) is 12.6.